The Labute approximate surface area is 248 Å². The fourth-order valence-corrected chi connectivity index (χ4v) is 5.21. The highest BCUT2D eigenvalue weighted by Crippen LogP contribution is 2.45. The maximum absolute atomic E-state index is 15.1. The van der Waals surface area contributed by atoms with Crippen molar-refractivity contribution in [1.82, 2.24) is 0 Å². The van der Waals surface area contributed by atoms with E-state index in [9.17, 15) is 15.3 Å². The Morgan fingerprint density at radius 3 is 1.95 bits per heavy atom. The van der Waals surface area contributed by atoms with E-state index in [0.717, 1.165) is 44.1 Å². The second kappa shape index (κ2) is 16.3. The fourth-order valence-electron chi connectivity index (χ4n) is 5.08. The van der Waals surface area contributed by atoms with E-state index in [4.69, 9.17) is 30.5 Å². The second-order valence-corrected chi connectivity index (χ2v) is 11.2. The van der Waals surface area contributed by atoms with Crippen LogP contribution < -0.4 is 0 Å². The highest BCUT2D eigenvalue weighted by Gasteiger charge is 2.63. The summed E-state index contributed by atoms with van der Waals surface area (Å²) >= 11 is 6.02. The summed E-state index contributed by atoms with van der Waals surface area (Å²) < 4.78 is 40.3. The first kappa shape index (κ1) is 33.9. The van der Waals surface area contributed by atoms with Crippen molar-refractivity contribution >= 4 is 11.6 Å². The summed E-state index contributed by atoms with van der Waals surface area (Å²) in [6.45, 7) is 5.84. The zero-order chi connectivity index (χ0) is 29.9. The van der Waals surface area contributed by atoms with Gasteiger partial charge in [-0.15, -0.1) is 0 Å². The van der Waals surface area contributed by atoms with Crippen LogP contribution in [0.15, 0.2) is 42.5 Å². The molecule has 2 aromatic carbocycles. The summed E-state index contributed by atoms with van der Waals surface area (Å²) in [7, 11) is 0. The third-order valence-corrected chi connectivity index (χ3v) is 7.81. The summed E-state index contributed by atoms with van der Waals surface area (Å²) in [4.78, 5) is 0. The molecule has 9 heteroatoms. The predicted octanol–water partition coefficient (Wildman–Crippen LogP) is 5.52. The van der Waals surface area contributed by atoms with Gasteiger partial charge in [0.15, 0.2) is 0 Å². The van der Waals surface area contributed by atoms with Crippen LogP contribution in [-0.2, 0) is 31.2 Å². The molecule has 1 heterocycles. The molecule has 0 saturated carbocycles. The molecule has 1 aliphatic rings. The number of benzene rings is 2. The average molecular weight is 597 g/mol. The Hall–Kier alpha value is -1.62. The Bertz CT molecular complexity index is 1050. The maximum Gasteiger partial charge on any atom is 0.223 e. The van der Waals surface area contributed by atoms with E-state index in [-0.39, 0.29) is 12.0 Å². The van der Waals surface area contributed by atoms with Crippen LogP contribution in [0.1, 0.15) is 76.0 Å². The first-order valence-electron chi connectivity index (χ1n) is 14.8. The van der Waals surface area contributed by atoms with Gasteiger partial charge in [0.1, 0.15) is 29.7 Å². The minimum absolute atomic E-state index is 0.228. The molecular weight excluding hydrogens is 551 g/mol. The molecule has 2 aromatic rings. The summed E-state index contributed by atoms with van der Waals surface area (Å²) in [6.07, 6.45) is 2.21. The summed E-state index contributed by atoms with van der Waals surface area (Å²) in [5.74, 6) is -2.64. The fraction of sp³-hybridized carbons (Fsp3) is 0.625. The van der Waals surface area contributed by atoms with E-state index in [1.54, 1.807) is 18.2 Å². The van der Waals surface area contributed by atoms with Crippen molar-refractivity contribution in [2.45, 2.75) is 95.4 Å². The molecule has 1 saturated heterocycles. The van der Waals surface area contributed by atoms with Gasteiger partial charge in [0.2, 0.25) is 5.79 Å². The summed E-state index contributed by atoms with van der Waals surface area (Å²) in [5, 5.41) is 34.2. The van der Waals surface area contributed by atoms with Crippen LogP contribution in [0.5, 0.6) is 0 Å². The molecule has 230 valence electrons. The van der Waals surface area contributed by atoms with Gasteiger partial charge in [0.25, 0.3) is 0 Å². The largest absolute Gasteiger partial charge is 0.393 e. The van der Waals surface area contributed by atoms with Crippen LogP contribution in [0.3, 0.4) is 0 Å². The topological polar surface area (TPSA) is 97.6 Å². The smallest absolute Gasteiger partial charge is 0.223 e. The number of aliphatic hydroxyl groups excluding tert-OH is 2. The molecule has 2 unspecified atom stereocenters. The van der Waals surface area contributed by atoms with Gasteiger partial charge in [-0.3, -0.25) is 0 Å². The van der Waals surface area contributed by atoms with Gasteiger partial charge in [-0.05, 0) is 54.7 Å². The van der Waals surface area contributed by atoms with Gasteiger partial charge in [0.05, 0.1) is 13.2 Å². The molecular formula is C32H46ClFO7. The van der Waals surface area contributed by atoms with Crippen LogP contribution >= 0.6 is 11.6 Å². The Kier molecular flexibility index (Phi) is 13.5. The Balaban J connectivity index is 2.11. The normalized spacial score (nSPS) is 24.0. The number of hydrogen-bond acceptors (Lipinski definition) is 7. The van der Waals surface area contributed by atoms with E-state index in [0.29, 0.717) is 30.4 Å². The van der Waals surface area contributed by atoms with Crippen LogP contribution in [0, 0.1) is 5.82 Å². The first-order chi connectivity index (χ1) is 19.8. The van der Waals surface area contributed by atoms with Crippen molar-refractivity contribution in [3.8, 4) is 0 Å². The number of halogens is 2. The Morgan fingerprint density at radius 1 is 0.829 bits per heavy atom. The molecule has 0 aliphatic carbocycles. The Morgan fingerprint density at radius 2 is 1.39 bits per heavy atom. The molecule has 1 fully saturated rings. The number of ether oxygens (including phenoxy) is 4. The van der Waals surface area contributed by atoms with Crippen LogP contribution in [0.25, 0.3) is 0 Å². The quantitative estimate of drug-likeness (QED) is 0.207. The minimum atomic E-state index is -2.19. The van der Waals surface area contributed by atoms with Crippen LogP contribution in [0.2, 0.25) is 5.02 Å². The molecule has 1 aliphatic heterocycles. The number of hydrogen-bond donors (Lipinski definition) is 3. The minimum Gasteiger partial charge on any atom is -0.393 e. The van der Waals surface area contributed by atoms with Gasteiger partial charge < -0.3 is 34.3 Å². The summed E-state index contributed by atoms with van der Waals surface area (Å²) in [6, 6.07) is 11.4. The molecule has 41 heavy (non-hydrogen) atoms. The third-order valence-electron chi connectivity index (χ3n) is 7.56. The van der Waals surface area contributed by atoms with Crippen molar-refractivity contribution in [3.63, 3.8) is 0 Å². The van der Waals surface area contributed by atoms with Crippen molar-refractivity contribution in [2.75, 3.05) is 33.0 Å². The van der Waals surface area contributed by atoms with Crippen molar-refractivity contribution < 1.29 is 38.7 Å². The third kappa shape index (κ3) is 8.27. The van der Waals surface area contributed by atoms with Crippen molar-refractivity contribution in [2.24, 2.45) is 0 Å². The van der Waals surface area contributed by atoms with E-state index in [1.807, 2.05) is 32.9 Å². The monoisotopic (exact) mass is 596 g/mol. The lowest BCUT2D eigenvalue weighted by Gasteiger charge is -2.55. The van der Waals surface area contributed by atoms with E-state index >= 15 is 4.39 Å². The van der Waals surface area contributed by atoms with Crippen LogP contribution in [-0.4, -0.2) is 72.3 Å². The van der Waals surface area contributed by atoms with Gasteiger partial charge in [0, 0.05) is 36.8 Å². The van der Waals surface area contributed by atoms with Crippen LogP contribution in [0.4, 0.5) is 4.39 Å². The summed E-state index contributed by atoms with van der Waals surface area (Å²) in [5.41, 5.74) is -0.318. The van der Waals surface area contributed by atoms with Crippen molar-refractivity contribution in [3.05, 3.63) is 70.0 Å². The molecule has 0 bridgehead atoms. The van der Waals surface area contributed by atoms with E-state index < -0.39 is 48.7 Å². The van der Waals surface area contributed by atoms with Gasteiger partial charge in [-0.1, -0.05) is 69.8 Å². The van der Waals surface area contributed by atoms with E-state index in [1.165, 1.54) is 12.1 Å². The number of rotatable bonds is 17. The molecule has 7 nitrogen and oxygen atoms in total. The maximum atomic E-state index is 15.1. The molecule has 0 aromatic heterocycles. The lowest BCUT2D eigenvalue weighted by Crippen LogP contribution is -2.72. The standard InChI is InChI=1S/C32H46ClFO7/c1-4-7-16-38-28-29(39-17-8-5-2)31(21-35,22-36)41-32(37,30(28)40-18-9-6-3)25-12-15-27(34)24(20-25)19-23-10-13-26(33)14-11-23/h10-15,20,28-30,35-37H,4-9,16-19,21-22H2,1-3H3/t28-,29-,30?,32?/m0/s1. The number of unbranched alkanes of at least 4 members (excludes halogenated alkanes) is 3. The first-order valence-corrected chi connectivity index (χ1v) is 15.2. The van der Waals surface area contributed by atoms with Gasteiger partial charge in [-0.2, -0.15) is 0 Å². The molecule has 0 amide bonds. The highest BCUT2D eigenvalue weighted by atomic mass is 35.5. The lowest BCUT2D eigenvalue weighted by molar-refractivity contribution is -0.408. The molecule has 3 rings (SSSR count). The van der Waals surface area contributed by atoms with Gasteiger partial charge in [-0.25, -0.2) is 4.39 Å². The van der Waals surface area contributed by atoms with E-state index in [2.05, 4.69) is 0 Å². The predicted molar refractivity (Wildman–Crippen MR) is 156 cm³/mol. The molecule has 0 spiro atoms. The SMILES string of the molecule is CCCCOC1[C@@H](OCCCC)[C@H](OCCCC)C(CO)(CO)OC1(O)c1ccc(F)c(Cc2ccc(Cl)cc2)c1. The zero-order valence-corrected chi connectivity index (χ0v) is 25.2. The lowest BCUT2D eigenvalue weighted by atomic mass is 9.80. The molecule has 0 radical (unpaired) electrons. The van der Waals surface area contributed by atoms with Gasteiger partial charge >= 0.3 is 0 Å². The number of aliphatic hydroxyl groups is 3. The molecule has 4 atom stereocenters. The highest BCUT2D eigenvalue weighted by molar-refractivity contribution is 6.30. The average Bonchev–Trinajstić information content (AvgIpc) is 2.97. The van der Waals surface area contributed by atoms with Crippen molar-refractivity contribution in [1.29, 1.82) is 0 Å². The second-order valence-electron chi connectivity index (χ2n) is 10.8. The molecule has 3 N–H and O–H groups in total. The zero-order valence-electron chi connectivity index (χ0n) is 24.5.